The van der Waals surface area contributed by atoms with E-state index in [9.17, 15) is 9.59 Å². The Labute approximate surface area is 120 Å². The fraction of sp³-hybridized carbons (Fsp3) is 0.231. The van der Waals surface area contributed by atoms with Gasteiger partial charge < -0.3 is 10.6 Å². The molecule has 105 valence electrons. The van der Waals surface area contributed by atoms with Gasteiger partial charge in [0.05, 0.1) is 24.6 Å². The van der Waals surface area contributed by atoms with Crippen molar-refractivity contribution in [3.05, 3.63) is 47.6 Å². The Kier molecular flexibility index (Phi) is 3.27. The lowest BCUT2D eigenvalue weighted by Gasteiger charge is -2.27. The van der Waals surface area contributed by atoms with Crippen molar-refractivity contribution >= 4 is 11.8 Å². The van der Waals surface area contributed by atoms with Crippen LogP contribution in [0.4, 0.5) is 0 Å². The molecule has 0 spiro atoms. The van der Waals surface area contributed by atoms with Gasteiger partial charge >= 0.3 is 0 Å². The summed E-state index contributed by atoms with van der Waals surface area (Å²) >= 11 is 0. The van der Waals surface area contributed by atoms with Crippen LogP contribution in [-0.4, -0.2) is 43.2 Å². The van der Waals surface area contributed by atoms with Gasteiger partial charge in [-0.1, -0.05) is 0 Å². The minimum Gasteiger partial charge on any atom is -0.363 e. The molecule has 0 aromatic carbocycles. The minimum atomic E-state index is -0.716. The highest BCUT2D eigenvalue weighted by atomic mass is 16.2. The van der Waals surface area contributed by atoms with Gasteiger partial charge in [0, 0.05) is 24.5 Å². The molecule has 0 saturated carbocycles. The largest absolute Gasteiger partial charge is 0.363 e. The van der Waals surface area contributed by atoms with Gasteiger partial charge in [-0.3, -0.25) is 14.6 Å². The molecular formula is C13H11N6O2. The number of amides is 2. The molecule has 2 aromatic rings. The SMILES string of the molecule is NC(=O)c1n[c]c2c(n1)CN(C(=O)c1cnccn1)CC2. The molecule has 21 heavy (non-hydrogen) atoms. The van der Waals surface area contributed by atoms with Crippen LogP contribution >= 0.6 is 0 Å². The molecule has 2 aromatic heterocycles. The lowest BCUT2D eigenvalue weighted by Crippen LogP contribution is -2.37. The summed E-state index contributed by atoms with van der Waals surface area (Å²) in [7, 11) is 0. The van der Waals surface area contributed by atoms with Gasteiger partial charge in [-0.15, -0.1) is 0 Å². The number of primary amides is 1. The van der Waals surface area contributed by atoms with Crippen molar-refractivity contribution in [1.82, 2.24) is 24.8 Å². The summed E-state index contributed by atoms with van der Waals surface area (Å²) in [5.74, 6) is -1.04. The summed E-state index contributed by atoms with van der Waals surface area (Å²) < 4.78 is 0. The highest BCUT2D eigenvalue weighted by Gasteiger charge is 2.25. The number of nitrogens with zero attached hydrogens (tertiary/aromatic N) is 5. The first-order valence-corrected chi connectivity index (χ1v) is 6.27. The molecule has 8 nitrogen and oxygen atoms in total. The maximum Gasteiger partial charge on any atom is 0.286 e. The van der Waals surface area contributed by atoms with Crippen molar-refractivity contribution in [3.63, 3.8) is 0 Å². The van der Waals surface area contributed by atoms with E-state index in [0.29, 0.717) is 18.7 Å². The second-order valence-corrected chi connectivity index (χ2v) is 4.52. The van der Waals surface area contributed by atoms with Crippen molar-refractivity contribution in [3.8, 4) is 0 Å². The lowest BCUT2D eigenvalue weighted by atomic mass is 10.1. The number of fused-ring (bicyclic) bond motifs is 1. The Hall–Kier alpha value is -2.90. The summed E-state index contributed by atoms with van der Waals surface area (Å²) in [6.45, 7) is 0.780. The molecule has 1 aliphatic heterocycles. The fourth-order valence-corrected chi connectivity index (χ4v) is 2.10. The Bertz CT molecular complexity index is 703. The molecule has 1 aliphatic rings. The van der Waals surface area contributed by atoms with Gasteiger partial charge in [-0.05, 0) is 6.42 Å². The summed E-state index contributed by atoms with van der Waals surface area (Å²) in [5.41, 5.74) is 6.80. The molecule has 3 rings (SSSR count). The van der Waals surface area contributed by atoms with Crippen molar-refractivity contribution in [2.45, 2.75) is 13.0 Å². The predicted molar refractivity (Wildman–Crippen MR) is 69.9 cm³/mol. The number of hydrogen-bond donors (Lipinski definition) is 1. The number of aromatic nitrogens is 4. The number of carbonyl (C=O) groups excluding carboxylic acids is 2. The second kappa shape index (κ2) is 5.23. The molecule has 1 radical (unpaired) electrons. The van der Waals surface area contributed by atoms with Crippen LogP contribution in [0, 0.1) is 6.20 Å². The van der Waals surface area contributed by atoms with Gasteiger partial charge in [0.15, 0.2) is 0 Å². The third-order valence-corrected chi connectivity index (χ3v) is 3.15. The predicted octanol–water partition coefficient (Wildman–Crippen LogP) is -0.636. The number of nitrogens with two attached hydrogens (primary N) is 1. The van der Waals surface area contributed by atoms with Crippen LogP contribution in [0.5, 0.6) is 0 Å². The van der Waals surface area contributed by atoms with Crippen LogP contribution in [0.3, 0.4) is 0 Å². The van der Waals surface area contributed by atoms with E-state index in [0.717, 1.165) is 5.56 Å². The monoisotopic (exact) mass is 283 g/mol. The molecular weight excluding hydrogens is 272 g/mol. The van der Waals surface area contributed by atoms with E-state index in [1.54, 1.807) is 4.90 Å². The molecule has 8 heteroatoms. The van der Waals surface area contributed by atoms with Crippen molar-refractivity contribution < 1.29 is 9.59 Å². The number of hydrogen-bond acceptors (Lipinski definition) is 6. The average molecular weight is 283 g/mol. The second-order valence-electron chi connectivity index (χ2n) is 4.52. The molecule has 0 aliphatic carbocycles. The summed E-state index contributed by atoms with van der Waals surface area (Å²) in [6.07, 6.45) is 7.71. The van der Waals surface area contributed by atoms with E-state index in [2.05, 4.69) is 26.1 Å². The van der Waals surface area contributed by atoms with Crippen LogP contribution < -0.4 is 5.73 Å². The van der Waals surface area contributed by atoms with E-state index >= 15 is 0 Å². The molecule has 0 bridgehead atoms. The van der Waals surface area contributed by atoms with Crippen molar-refractivity contribution in [1.29, 1.82) is 0 Å². The van der Waals surface area contributed by atoms with Crippen molar-refractivity contribution in [2.24, 2.45) is 5.73 Å². The Balaban J connectivity index is 1.85. The number of carbonyl (C=O) groups is 2. The smallest absolute Gasteiger partial charge is 0.286 e. The molecule has 0 fully saturated rings. The van der Waals surface area contributed by atoms with Crippen LogP contribution in [-0.2, 0) is 13.0 Å². The van der Waals surface area contributed by atoms with Crippen LogP contribution in [0.15, 0.2) is 18.6 Å². The standard InChI is InChI=1S/C13H11N6O2/c14-11(20)12-17-5-8-1-4-19(7-10(8)18-12)13(21)9-6-15-2-3-16-9/h2-3,6H,1,4,7H2,(H2,14,20). The highest BCUT2D eigenvalue weighted by molar-refractivity contribution is 5.92. The first kappa shape index (κ1) is 13.1. The average Bonchev–Trinajstić information content (AvgIpc) is 2.54. The Morgan fingerprint density at radius 2 is 2.19 bits per heavy atom. The Morgan fingerprint density at radius 1 is 1.33 bits per heavy atom. The van der Waals surface area contributed by atoms with Crippen LogP contribution in [0.1, 0.15) is 32.4 Å². The molecule has 2 amide bonds. The van der Waals surface area contributed by atoms with Gasteiger partial charge in [0.1, 0.15) is 5.69 Å². The zero-order valence-electron chi connectivity index (χ0n) is 11.0. The minimum absolute atomic E-state index is 0.0949. The molecule has 0 unspecified atom stereocenters. The third kappa shape index (κ3) is 2.55. The van der Waals surface area contributed by atoms with Crippen LogP contribution in [0.25, 0.3) is 0 Å². The van der Waals surface area contributed by atoms with E-state index in [4.69, 9.17) is 5.73 Å². The molecule has 2 N–H and O–H groups in total. The first-order valence-electron chi connectivity index (χ1n) is 6.27. The molecule has 0 atom stereocenters. The lowest BCUT2D eigenvalue weighted by molar-refractivity contribution is 0.0725. The summed E-state index contributed by atoms with van der Waals surface area (Å²) in [5, 5.41) is 0. The quantitative estimate of drug-likeness (QED) is 0.784. The zero-order chi connectivity index (χ0) is 14.8. The maximum atomic E-state index is 12.3. The van der Waals surface area contributed by atoms with Crippen molar-refractivity contribution in [2.75, 3.05) is 6.54 Å². The summed E-state index contributed by atoms with van der Waals surface area (Å²) in [6, 6.07) is 0. The van der Waals surface area contributed by atoms with E-state index in [1.807, 2.05) is 0 Å². The first-order chi connectivity index (χ1) is 10.1. The fourth-order valence-electron chi connectivity index (χ4n) is 2.10. The van der Waals surface area contributed by atoms with Crippen LogP contribution in [0.2, 0.25) is 0 Å². The van der Waals surface area contributed by atoms with Gasteiger partial charge in [-0.25, -0.2) is 15.0 Å². The number of rotatable bonds is 2. The van der Waals surface area contributed by atoms with Gasteiger partial charge in [-0.2, -0.15) is 0 Å². The van der Waals surface area contributed by atoms with E-state index in [1.165, 1.54) is 18.6 Å². The maximum absolute atomic E-state index is 12.3. The zero-order valence-corrected chi connectivity index (χ0v) is 11.0. The van der Waals surface area contributed by atoms with Gasteiger partial charge in [0.25, 0.3) is 11.8 Å². The molecule has 0 saturated heterocycles. The van der Waals surface area contributed by atoms with Gasteiger partial charge in [0.2, 0.25) is 5.82 Å². The normalized spacial score (nSPS) is 13.6. The third-order valence-electron chi connectivity index (χ3n) is 3.15. The van der Waals surface area contributed by atoms with E-state index in [-0.39, 0.29) is 24.0 Å². The molecule has 3 heterocycles. The van der Waals surface area contributed by atoms with E-state index < -0.39 is 5.91 Å². The highest BCUT2D eigenvalue weighted by Crippen LogP contribution is 2.17. The summed E-state index contributed by atoms with van der Waals surface area (Å²) in [4.78, 5) is 40.7. The Morgan fingerprint density at radius 3 is 2.90 bits per heavy atom. The topological polar surface area (TPSA) is 115 Å².